The van der Waals surface area contributed by atoms with E-state index in [2.05, 4.69) is 54.1 Å². The second-order valence-electron chi connectivity index (χ2n) is 9.16. The first-order valence-electron chi connectivity index (χ1n) is 12.6. The van der Waals surface area contributed by atoms with Crippen LogP contribution in [0.15, 0.2) is 30.3 Å². The summed E-state index contributed by atoms with van der Waals surface area (Å²) in [5, 5.41) is 25.2. The quantitative estimate of drug-likeness (QED) is 0.0701. The highest BCUT2D eigenvalue weighted by Gasteiger charge is 2.20. The van der Waals surface area contributed by atoms with Crippen LogP contribution in [0.2, 0.25) is 0 Å². The molecule has 0 saturated carbocycles. The Hall–Kier alpha value is -3.17. The number of hydrogen-bond acceptors (Lipinski definition) is 5. The normalized spacial score (nSPS) is 11.5. The van der Waals surface area contributed by atoms with Gasteiger partial charge in [0.25, 0.3) is 5.96 Å². The molecule has 10 heteroatoms. The van der Waals surface area contributed by atoms with E-state index in [1.54, 1.807) is 5.43 Å². The predicted octanol–water partition coefficient (Wildman–Crippen LogP) is 3.30. The maximum Gasteiger partial charge on any atom is 0.251 e. The highest BCUT2D eigenvalue weighted by atomic mass is 16.7. The Labute approximate surface area is 208 Å². The van der Waals surface area contributed by atoms with Crippen LogP contribution in [-0.2, 0) is 16.0 Å². The van der Waals surface area contributed by atoms with E-state index in [9.17, 15) is 19.7 Å². The fraction of sp³-hybridized carbons (Fsp3) is 0.640. The van der Waals surface area contributed by atoms with Gasteiger partial charge in [-0.1, -0.05) is 68.9 Å². The van der Waals surface area contributed by atoms with Crippen LogP contribution in [0, 0.1) is 21.4 Å². The molecule has 0 heterocycles. The van der Waals surface area contributed by atoms with E-state index in [1.165, 1.54) is 5.56 Å². The van der Waals surface area contributed by atoms with Gasteiger partial charge in [-0.05, 0) is 50.0 Å². The molecule has 0 spiro atoms. The molecular formula is C25H42N6O4. The van der Waals surface area contributed by atoms with Gasteiger partial charge in [0.1, 0.15) is 6.04 Å². The Morgan fingerprint density at radius 2 is 1.63 bits per heavy atom. The molecule has 0 radical (unpaired) electrons. The summed E-state index contributed by atoms with van der Waals surface area (Å²) in [6.07, 6.45) is 8.24. The summed E-state index contributed by atoms with van der Waals surface area (Å²) < 4.78 is 0. The molecule has 196 valence electrons. The minimum atomic E-state index is -0.816. The highest BCUT2D eigenvalue weighted by molar-refractivity contribution is 5.87. The van der Waals surface area contributed by atoms with Crippen LogP contribution in [0.5, 0.6) is 0 Å². The molecule has 0 bridgehead atoms. The van der Waals surface area contributed by atoms with Crippen molar-refractivity contribution in [3.8, 4) is 0 Å². The van der Waals surface area contributed by atoms with Crippen molar-refractivity contribution < 1.29 is 14.6 Å². The average Bonchev–Trinajstić information content (AvgIpc) is 2.80. The zero-order valence-corrected chi connectivity index (χ0v) is 21.1. The number of amides is 2. The van der Waals surface area contributed by atoms with Gasteiger partial charge in [-0.2, -0.15) is 0 Å². The van der Waals surface area contributed by atoms with Crippen LogP contribution in [0.1, 0.15) is 77.2 Å². The number of nitrogens with zero attached hydrogens (tertiary/aromatic N) is 1. The van der Waals surface area contributed by atoms with Crippen LogP contribution in [0.3, 0.4) is 0 Å². The molecule has 0 aliphatic carbocycles. The molecule has 1 aromatic rings. The molecule has 1 rings (SSSR count). The molecule has 0 aliphatic rings. The molecule has 0 saturated heterocycles. The molecular weight excluding hydrogens is 448 g/mol. The highest BCUT2D eigenvalue weighted by Crippen LogP contribution is 2.10. The number of unbranched alkanes of at least 4 members (excludes halogenated alkanes) is 4. The maximum atomic E-state index is 12.6. The van der Waals surface area contributed by atoms with Crippen LogP contribution in [0.25, 0.3) is 0 Å². The van der Waals surface area contributed by atoms with Gasteiger partial charge in [0.2, 0.25) is 11.8 Å². The SMILES string of the molecule is CC(C)CCNC(=O)[C@H](CCCNC(=N)N[N+](=O)[O-])NC(=O)CCCCCCCc1ccccc1. The molecule has 0 aromatic heterocycles. The Bertz CT molecular complexity index is 772. The van der Waals surface area contributed by atoms with Gasteiger partial charge in [0.15, 0.2) is 5.03 Å². The van der Waals surface area contributed by atoms with Crippen molar-refractivity contribution in [2.24, 2.45) is 5.92 Å². The summed E-state index contributed by atoms with van der Waals surface area (Å²) in [5.41, 5.74) is 3.07. The fourth-order valence-electron chi connectivity index (χ4n) is 3.58. The van der Waals surface area contributed by atoms with E-state index in [0.717, 1.165) is 44.9 Å². The Balaban J connectivity index is 2.32. The van der Waals surface area contributed by atoms with E-state index in [4.69, 9.17) is 5.41 Å². The number of nitrogens with one attached hydrogen (secondary N) is 5. The molecule has 10 nitrogen and oxygen atoms in total. The Morgan fingerprint density at radius 3 is 2.31 bits per heavy atom. The van der Waals surface area contributed by atoms with Crippen LogP contribution < -0.4 is 21.4 Å². The number of aryl methyl sites for hydroxylation is 1. The maximum absolute atomic E-state index is 12.6. The lowest BCUT2D eigenvalue weighted by Gasteiger charge is -2.19. The van der Waals surface area contributed by atoms with E-state index in [1.807, 2.05) is 6.07 Å². The van der Waals surface area contributed by atoms with Crippen LogP contribution in [-0.4, -0.2) is 41.9 Å². The first kappa shape index (κ1) is 29.9. The molecule has 0 fully saturated rings. The monoisotopic (exact) mass is 490 g/mol. The fourth-order valence-corrected chi connectivity index (χ4v) is 3.58. The first-order valence-corrected chi connectivity index (χ1v) is 12.6. The largest absolute Gasteiger partial charge is 0.354 e. The third kappa shape index (κ3) is 16.2. The summed E-state index contributed by atoms with van der Waals surface area (Å²) in [5.74, 6) is -0.325. The first-order chi connectivity index (χ1) is 16.8. The van der Waals surface area contributed by atoms with E-state index in [0.29, 0.717) is 31.7 Å². The van der Waals surface area contributed by atoms with Gasteiger partial charge in [0.05, 0.1) is 0 Å². The van der Waals surface area contributed by atoms with Gasteiger partial charge < -0.3 is 16.0 Å². The summed E-state index contributed by atoms with van der Waals surface area (Å²) in [6, 6.07) is 9.75. The van der Waals surface area contributed by atoms with Crippen molar-refractivity contribution >= 4 is 17.8 Å². The lowest BCUT2D eigenvalue weighted by Crippen LogP contribution is -2.47. The van der Waals surface area contributed by atoms with Crippen LogP contribution >= 0.6 is 0 Å². The van der Waals surface area contributed by atoms with Gasteiger partial charge >= 0.3 is 0 Å². The van der Waals surface area contributed by atoms with Crippen molar-refractivity contribution in [1.29, 1.82) is 5.41 Å². The second-order valence-corrected chi connectivity index (χ2v) is 9.16. The molecule has 1 aromatic carbocycles. The summed E-state index contributed by atoms with van der Waals surface area (Å²) in [6.45, 7) is 4.97. The van der Waals surface area contributed by atoms with Gasteiger partial charge in [-0.3, -0.25) is 15.0 Å². The summed E-state index contributed by atoms with van der Waals surface area (Å²) in [7, 11) is 0. The molecule has 35 heavy (non-hydrogen) atoms. The number of hydrazine groups is 1. The number of hydrogen-bond donors (Lipinski definition) is 5. The number of rotatable bonds is 18. The number of nitro groups is 1. The van der Waals surface area contributed by atoms with Crippen molar-refractivity contribution in [1.82, 2.24) is 21.4 Å². The number of carbonyl (C=O) groups excluding carboxylic acids is 2. The van der Waals surface area contributed by atoms with Crippen molar-refractivity contribution in [3.63, 3.8) is 0 Å². The summed E-state index contributed by atoms with van der Waals surface area (Å²) in [4.78, 5) is 35.4. The Kier molecular flexibility index (Phi) is 15.5. The van der Waals surface area contributed by atoms with E-state index < -0.39 is 17.0 Å². The smallest absolute Gasteiger partial charge is 0.251 e. The van der Waals surface area contributed by atoms with Crippen molar-refractivity contribution in [2.75, 3.05) is 13.1 Å². The van der Waals surface area contributed by atoms with Crippen molar-refractivity contribution in [2.45, 2.75) is 84.1 Å². The molecule has 2 amide bonds. The number of benzene rings is 1. The summed E-state index contributed by atoms with van der Waals surface area (Å²) >= 11 is 0. The predicted molar refractivity (Wildman–Crippen MR) is 137 cm³/mol. The zero-order chi connectivity index (χ0) is 25.9. The number of guanidine groups is 1. The van der Waals surface area contributed by atoms with Gasteiger partial charge in [-0.15, -0.1) is 0 Å². The van der Waals surface area contributed by atoms with Gasteiger partial charge in [-0.25, -0.2) is 10.1 Å². The molecule has 0 aliphatic heterocycles. The minimum absolute atomic E-state index is 0.144. The van der Waals surface area contributed by atoms with Crippen LogP contribution in [0.4, 0.5) is 0 Å². The third-order valence-corrected chi connectivity index (χ3v) is 5.56. The van der Waals surface area contributed by atoms with E-state index >= 15 is 0 Å². The lowest BCUT2D eigenvalue weighted by molar-refractivity contribution is -0.525. The van der Waals surface area contributed by atoms with Gasteiger partial charge in [0, 0.05) is 19.5 Å². The number of carbonyl (C=O) groups is 2. The standard InChI is InChI=1S/C25H42N6O4/c1-20(2)17-19-27-24(33)22(15-11-18-28-25(26)30-31(34)35)29-23(32)16-10-5-3-4-7-12-21-13-8-6-9-14-21/h6,8-9,13-14,20,22H,3-5,7,10-12,15-19H2,1-2H3,(H,27,33)(H,29,32)(H3,26,28,30)/t22-/m0/s1. The molecule has 1 atom stereocenters. The third-order valence-electron chi connectivity index (χ3n) is 5.56. The minimum Gasteiger partial charge on any atom is -0.354 e. The van der Waals surface area contributed by atoms with Crippen molar-refractivity contribution in [3.05, 3.63) is 46.0 Å². The molecule has 5 N–H and O–H groups in total. The second kappa shape index (κ2) is 18.2. The molecule has 0 unspecified atom stereocenters. The van der Waals surface area contributed by atoms with E-state index in [-0.39, 0.29) is 18.4 Å². The average molecular weight is 491 g/mol. The Morgan fingerprint density at radius 1 is 0.943 bits per heavy atom. The lowest BCUT2D eigenvalue weighted by atomic mass is 10.0. The zero-order valence-electron chi connectivity index (χ0n) is 21.1. The topological polar surface area (TPSA) is 149 Å².